The number of carbonyl (C=O) groups is 1. The first-order valence-electron chi connectivity index (χ1n) is 8.16. The van der Waals surface area contributed by atoms with Crippen LogP contribution in [0.3, 0.4) is 0 Å². The van der Waals surface area contributed by atoms with Crippen LogP contribution < -0.4 is 5.73 Å². The molecule has 5 rings (SSSR count). The summed E-state index contributed by atoms with van der Waals surface area (Å²) in [5.74, 6) is 1.33. The molecule has 6 heteroatoms. The van der Waals surface area contributed by atoms with Gasteiger partial charge in [-0.25, -0.2) is 0 Å². The van der Waals surface area contributed by atoms with Crippen molar-refractivity contribution in [3.63, 3.8) is 0 Å². The molecule has 3 heterocycles. The van der Waals surface area contributed by atoms with Gasteiger partial charge in [0.25, 0.3) is 5.91 Å². The molecule has 0 spiro atoms. The molecule has 126 valence electrons. The van der Waals surface area contributed by atoms with Crippen molar-refractivity contribution < 1.29 is 4.79 Å². The minimum absolute atomic E-state index is 0. The maximum absolute atomic E-state index is 12.9. The van der Waals surface area contributed by atoms with Gasteiger partial charge in [-0.15, -0.1) is 35.1 Å². The average molecular weight is 379 g/mol. The predicted octanol–water partition coefficient (Wildman–Crippen LogP) is 4.35. The molecule has 0 bridgehead atoms. The number of likely N-dealkylation sites (tertiary alicyclic amines) is 1. The van der Waals surface area contributed by atoms with Crippen LogP contribution in [0, 0.1) is 11.8 Å². The number of halogens is 1. The summed E-state index contributed by atoms with van der Waals surface area (Å²) in [7, 11) is 0. The monoisotopic (exact) mass is 378 g/mol. The molecule has 2 N–H and O–H groups in total. The summed E-state index contributed by atoms with van der Waals surface area (Å²) < 4.78 is 3.79. The van der Waals surface area contributed by atoms with E-state index < -0.39 is 0 Å². The van der Waals surface area contributed by atoms with Gasteiger partial charge in [0.1, 0.15) is 0 Å². The number of fused-ring (bicyclic) bond motifs is 4. The molecule has 2 fully saturated rings. The Morgan fingerprint density at radius 2 is 1.96 bits per heavy atom. The van der Waals surface area contributed by atoms with Crippen molar-refractivity contribution in [3.8, 4) is 0 Å². The molecule has 24 heavy (non-hydrogen) atoms. The van der Waals surface area contributed by atoms with Crippen LogP contribution in [0.5, 0.6) is 0 Å². The van der Waals surface area contributed by atoms with Crippen LogP contribution in [0.4, 0.5) is 0 Å². The number of thiophene rings is 2. The van der Waals surface area contributed by atoms with E-state index in [9.17, 15) is 4.79 Å². The lowest BCUT2D eigenvalue weighted by molar-refractivity contribution is 0.0784. The number of rotatable bonds is 1. The van der Waals surface area contributed by atoms with E-state index in [1.165, 1.54) is 25.9 Å². The van der Waals surface area contributed by atoms with Gasteiger partial charge in [-0.2, -0.15) is 0 Å². The van der Waals surface area contributed by atoms with Gasteiger partial charge < -0.3 is 10.6 Å². The quantitative estimate of drug-likeness (QED) is 0.684. The first kappa shape index (κ1) is 16.3. The van der Waals surface area contributed by atoms with E-state index in [0.717, 1.165) is 24.4 Å². The third-order valence-corrected chi connectivity index (χ3v) is 7.86. The summed E-state index contributed by atoms with van der Waals surface area (Å²) in [6.07, 6.45) is 2.30. The van der Waals surface area contributed by atoms with Gasteiger partial charge >= 0.3 is 0 Å². The van der Waals surface area contributed by atoms with Crippen molar-refractivity contribution in [2.24, 2.45) is 17.6 Å². The van der Waals surface area contributed by atoms with E-state index in [1.54, 1.807) is 22.7 Å². The first-order chi connectivity index (χ1) is 11.2. The van der Waals surface area contributed by atoms with E-state index in [-0.39, 0.29) is 24.4 Å². The summed E-state index contributed by atoms with van der Waals surface area (Å²) >= 11 is 3.42. The first-order valence-corrected chi connectivity index (χ1v) is 9.80. The highest BCUT2D eigenvalue weighted by Crippen LogP contribution is 2.41. The molecule has 3 atom stereocenters. The number of hydrogen-bond donors (Lipinski definition) is 1. The van der Waals surface area contributed by atoms with E-state index >= 15 is 0 Å². The van der Waals surface area contributed by atoms with Crippen molar-refractivity contribution in [1.82, 2.24) is 4.90 Å². The third-order valence-electron chi connectivity index (χ3n) is 5.46. The van der Waals surface area contributed by atoms with Crippen molar-refractivity contribution in [3.05, 3.63) is 35.2 Å². The van der Waals surface area contributed by atoms with Crippen molar-refractivity contribution in [1.29, 1.82) is 0 Å². The molecule has 1 saturated carbocycles. The maximum Gasteiger partial charge on any atom is 0.264 e. The fourth-order valence-electron chi connectivity index (χ4n) is 4.23. The van der Waals surface area contributed by atoms with Crippen LogP contribution in [0.1, 0.15) is 22.5 Å². The molecule has 2 aromatic heterocycles. The molecule has 3 aromatic rings. The number of nitrogens with zero attached hydrogens (tertiary/aromatic N) is 1. The second kappa shape index (κ2) is 5.99. The van der Waals surface area contributed by atoms with Gasteiger partial charge in [0, 0.05) is 33.9 Å². The Kier molecular flexibility index (Phi) is 4.07. The second-order valence-electron chi connectivity index (χ2n) is 6.78. The number of nitrogens with two attached hydrogens (primary N) is 1. The van der Waals surface area contributed by atoms with Gasteiger partial charge in [-0.05, 0) is 36.8 Å². The molecule has 1 aliphatic carbocycles. The Morgan fingerprint density at radius 1 is 1.12 bits per heavy atom. The molecular weight excluding hydrogens is 360 g/mol. The van der Waals surface area contributed by atoms with E-state index in [4.69, 9.17) is 5.73 Å². The molecule has 3 unspecified atom stereocenters. The fraction of sp³-hybridized carbons (Fsp3) is 0.389. The third kappa shape index (κ3) is 2.37. The fourth-order valence-corrected chi connectivity index (χ4v) is 6.73. The highest BCUT2D eigenvalue weighted by atomic mass is 35.5. The molecule has 1 amide bonds. The van der Waals surface area contributed by atoms with Crippen LogP contribution in [0.15, 0.2) is 30.3 Å². The zero-order chi connectivity index (χ0) is 15.6. The average Bonchev–Trinajstić information content (AvgIpc) is 3.27. The zero-order valence-electron chi connectivity index (χ0n) is 13.1. The normalized spacial score (nSPS) is 26.0. The smallest absolute Gasteiger partial charge is 0.264 e. The number of hydrogen-bond acceptors (Lipinski definition) is 4. The summed E-state index contributed by atoms with van der Waals surface area (Å²) in [5, 5.41) is 1.27. The summed E-state index contributed by atoms with van der Waals surface area (Å²) in [4.78, 5) is 15.8. The van der Waals surface area contributed by atoms with Gasteiger partial charge in [0.05, 0.1) is 9.58 Å². The molecule has 2 aliphatic rings. The Hall–Kier alpha value is -1.14. The van der Waals surface area contributed by atoms with Crippen molar-refractivity contribution >= 4 is 60.5 Å². The lowest BCUT2D eigenvalue weighted by atomic mass is 9.98. The summed E-state index contributed by atoms with van der Waals surface area (Å²) in [5.41, 5.74) is 6.19. The molecule has 0 radical (unpaired) electrons. The van der Waals surface area contributed by atoms with Crippen LogP contribution in [-0.2, 0) is 0 Å². The van der Waals surface area contributed by atoms with Crippen LogP contribution >= 0.6 is 35.1 Å². The Labute approximate surface area is 154 Å². The minimum Gasteiger partial charge on any atom is -0.337 e. The largest absolute Gasteiger partial charge is 0.337 e. The van der Waals surface area contributed by atoms with Crippen molar-refractivity contribution in [2.75, 3.05) is 13.1 Å². The minimum atomic E-state index is 0. The summed E-state index contributed by atoms with van der Waals surface area (Å²) in [6, 6.07) is 10.8. The van der Waals surface area contributed by atoms with Gasteiger partial charge in [-0.1, -0.05) is 18.2 Å². The van der Waals surface area contributed by atoms with Gasteiger partial charge in [0.2, 0.25) is 0 Å². The molecule has 1 aliphatic heterocycles. The lowest BCUT2D eigenvalue weighted by Gasteiger charge is -2.17. The zero-order valence-corrected chi connectivity index (χ0v) is 15.6. The Morgan fingerprint density at radius 3 is 2.79 bits per heavy atom. The standard InChI is InChI=1S/C18H18N2OS2.ClH/c19-13-6-5-10-8-20(9-12(10)13)18(21)16-7-15-17(23-16)11-3-1-2-4-14(11)22-15;/h1-4,7,10,12-13H,5-6,8-9,19H2;1H. The number of benzene rings is 1. The predicted molar refractivity (Wildman–Crippen MR) is 105 cm³/mol. The van der Waals surface area contributed by atoms with Crippen molar-refractivity contribution in [2.45, 2.75) is 18.9 Å². The molecule has 3 nitrogen and oxygen atoms in total. The molecule has 1 saturated heterocycles. The SMILES string of the molecule is Cl.NC1CCC2CN(C(=O)c3cc4sc5ccccc5c4s3)CC12. The van der Waals surface area contributed by atoms with E-state index in [1.807, 2.05) is 4.90 Å². The van der Waals surface area contributed by atoms with E-state index in [0.29, 0.717) is 11.8 Å². The molecule has 1 aromatic carbocycles. The maximum atomic E-state index is 12.9. The topological polar surface area (TPSA) is 46.3 Å². The van der Waals surface area contributed by atoms with Gasteiger partial charge in [-0.3, -0.25) is 4.79 Å². The van der Waals surface area contributed by atoms with Crippen LogP contribution in [-0.4, -0.2) is 29.9 Å². The molecular formula is C18H19ClN2OS2. The second-order valence-corrected chi connectivity index (χ2v) is 8.91. The van der Waals surface area contributed by atoms with Gasteiger partial charge in [0.15, 0.2) is 0 Å². The number of amides is 1. The Bertz CT molecular complexity index is 918. The Balaban J connectivity index is 0.00000146. The van der Waals surface area contributed by atoms with Crippen LogP contribution in [0.25, 0.3) is 19.5 Å². The summed E-state index contributed by atoms with van der Waals surface area (Å²) in [6.45, 7) is 1.74. The van der Waals surface area contributed by atoms with E-state index in [2.05, 4.69) is 30.3 Å². The highest BCUT2D eigenvalue weighted by molar-refractivity contribution is 7.33. The number of carbonyl (C=O) groups excluding carboxylic acids is 1. The highest BCUT2D eigenvalue weighted by Gasteiger charge is 2.42. The lowest BCUT2D eigenvalue weighted by Crippen LogP contribution is -2.33. The van der Waals surface area contributed by atoms with Crippen LogP contribution in [0.2, 0.25) is 0 Å².